The number of benzene rings is 1. The molecule has 0 aliphatic carbocycles. The van der Waals surface area contributed by atoms with E-state index in [-0.39, 0.29) is 0 Å². The molecule has 0 aromatic heterocycles. The Morgan fingerprint density at radius 2 is 2.20 bits per heavy atom. The van der Waals surface area contributed by atoms with Gasteiger partial charge in [-0.1, -0.05) is 30.6 Å². The zero-order valence-electron chi connectivity index (χ0n) is 9.80. The van der Waals surface area contributed by atoms with E-state index in [1.54, 1.807) is 0 Å². The molecule has 1 aromatic carbocycles. The van der Waals surface area contributed by atoms with E-state index in [0.29, 0.717) is 5.92 Å². The van der Waals surface area contributed by atoms with Crippen molar-refractivity contribution < 1.29 is 0 Å². The van der Waals surface area contributed by atoms with Crippen LogP contribution in [0.25, 0.3) is 0 Å². The van der Waals surface area contributed by atoms with Crippen LogP contribution in [0.5, 0.6) is 0 Å². The van der Waals surface area contributed by atoms with E-state index in [2.05, 4.69) is 50.5 Å². The molecule has 0 aliphatic rings. The Hall–Kier alpha value is -1.48. The number of hydrogen-bond donors (Lipinski definition) is 0. The maximum atomic E-state index is 3.95. The van der Waals surface area contributed by atoms with E-state index in [9.17, 15) is 0 Å². The van der Waals surface area contributed by atoms with Gasteiger partial charge in [-0.25, -0.2) is 0 Å². The minimum absolute atomic E-state index is 0.529. The van der Waals surface area contributed by atoms with Crippen molar-refractivity contribution in [2.24, 2.45) is 0 Å². The molecule has 15 heavy (non-hydrogen) atoms. The Bertz CT molecular complexity index is 402. The second kappa shape index (κ2) is 5.41. The Balaban J connectivity index is 2.88. The summed E-state index contributed by atoms with van der Waals surface area (Å²) in [6.45, 7) is 10.1. The summed E-state index contributed by atoms with van der Waals surface area (Å²) >= 11 is 0. The van der Waals surface area contributed by atoms with E-state index in [4.69, 9.17) is 0 Å². The molecule has 0 radical (unpaired) electrons. The predicted molar refractivity (Wildman–Crippen MR) is 66.8 cm³/mol. The van der Waals surface area contributed by atoms with Crippen molar-refractivity contribution in [2.45, 2.75) is 33.1 Å². The average molecular weight is 198 g/mol. The van der Waals surface area contributed by atoms with Crippen molar-refractivity contribution in [3.8, 4) is 11.8 Å². The van der Waals surface area contributed by atoms with Gasteiger partial charge < -0.3 is 0 Å². The SMILES string of the molecule is C=C(C)CC(C)c1cccc(C#CC)c1. The summed E-state index contributed by atoms with van der Waals surface area (Å²) in [5.74, 6) is 6.54. The third kappa shape index (κ3) is 3.64. The lowest BCUT2D eigenvalue weighted by Gasteiger charge is -2.11. The van der Waals surface area contributed by atoms with Crippen LogP contribution in [0.3, 0.4) is 0 Å². The molecule has 1 aromatic rings. The molecule has 0 heteroatoms. The minimum Gasteiger partial charge on any atom is -0.101 e. The van der Waals surface area contributed by atoms with Crippen LogP contribution in [0.15, 0.2) is 36.4 Å². The first kappa shape index (κ1) is 11.6. The van der Waals surface area contributed by atoms with E-state index in [1.165, 1.54) is 11.1 Å². The van der Waals surface area contributed by atoms with Crippen molar-refractivity contribution in [3.63, 3.8) is 0 Å². The topological polar surface area (TPSA) is 0 Å². The van der Waals surface area contributed by atoms with Gasteiger partial charge in [-0.3, -0.25) is 0 Å². The van der Waals surface area contributed by atoms with Gasteiger partial charge in [-0.05, 0) is 43.9 Å². The van der Waals surface area contributed by atoms with Crippen LogP contribution in [0, 0.1) is 11.8 Å². The zero-order valence-corrected chi connectivity index (χ0v) is 9.80. The Kier molecular flexibility index (Phi) is 4.18. The van der Waals surface area contributed by atoms with Gasteiger partial charge in [0.2, 0.25) is 0 Å². The average Bonchev–Trinajstić information content (AvgIpc) is 2.17. The van der Waals surface area contributed by atoms with E-state index in [0.717, 1.165) is 12.0 Å². The van der Waals surface area contributed by atoms with Crippen LogP contribution in [-0.2, 0) is 0 Å². The van der Waals surface area contributed by atoms with Gasteiger partial charge in [0.25, 0.3) is 0 Å². The second-order valence-corrected chi connectivity index (χ2v) is 4.06. The molecule has 78 valence electrons. The summed E-state index contributed by atoms with van der Waals surface area (Å²) in [7, 11) is 0. The largest absolute Gasteiger partial charge is 0.101 e. The Morgan fingerprint density at radius 1 is 1.47 bits per heavy atom. The molecule has 0 fully saturated rings. The van der Waals surface area contributed by atoms with Crippen LogP contribution in [0.2, 0.25) is 0 Å². The molecule has 0 nitrogen and oxygen atoms in total. The first-order valence-electron chi connectivity index (χ1n) is 5.30. The first-order chi connectivity index (χ1) is 7.13. The van der Waals surface area contributed by atoms with Gasteiger partial charge in [-0.15, -0.1) is 12.5 Å². The molecule has 0 spiro atoms. The van der Waals surface area contributed by atoms with Crippen LogP contribution < -0.4 is 0 Å². The first-order valence-corrected chi connectivity index (χ1v) is 5.30. The molecule has 0 N–H and O–H groups in total. The number of allylic oxidation sites excluding steroid dienone is 1. The molecule has 1 rings (SSSR count). The third-order valence-electron chi connectivity index (χ3n) is 2.38. The molecule has 0 heterocycles. The van der Waals surface area contributed by atoms with Crippen molar-refractivity contribution in [1.82, 2.24) is 0 Å². The smallest absolute Gasteiger partial charge is 0.0247 e. The van der Waals surface area contributed by atoms with Gasteiger partial charge >= 0.3 is 0 Å². The van der Waals surface area contributed by atoms with Gasteiger partial charge in [0, 0.05) is 5.56 Å². The predicted octanol–water partition coefficient (Wildman–Crippen LogP) is 4.13. The lowest BCUT2D eigenvalue weighted by atomic mass is 9.93. The quantitative estimate of drug-likeness (QED) is 0.506. The highest BCUT2D eigenvalue weighted by molar-refractivity contribution is 5.38. The molecule has 1 unspecified atom stereocenters. The van der Waals surface area contributed by atoms with Gasteiger partial charge in [0.05, 0.1) is 0 Å². The van der Waals surface area contributed by atoms with E-state index in [1.807, 2.05) is 13.0 Å². The van der Waals surface area contributed by atoms with E-state index >= 15 is 0 Å². The Morgan fingerprint density at radius 3 is 2.80 bits per heavy atom. The lowest BCUT2D eigenvalue weighted by molar-refractivity contribution is 0.753. The molecule has 0 bridgehead atoms. The van der Waals surface area contributed by atoms with Crippen molar-refractivity contribution in [1.29, 1.82) is 0 Å². The molecular formula is C15H18. The van der Waals surface area contributed by atoms with Crippen molar-refractivity contribution >= 4 is 0 Å². The summed E-state index contributed by atoms with van der Waals surface area (Å²) in [6, 6.07) is 8.45. The molecular weight excluding hydrogens is 180 g/mol. The fraction of sp³-hybridized carbons (Fsp3) is 0.333. The van der Waals surface area contributed by atoms with Gasteiger partial charge in [0.1, 0.15) is 0 Å². The maximum Gasteiger partial charge on any atom is 0.0247 e. The number of hydrogen-bond acceptors (Lipinski definition) is 0. The summed E-state index contributed by atoms with van der Waals surface area (Å²) < 4.78 is 0. The van der Waals surface area contributed by atoms with Crippen LogP contribution in [0.4, 0.5) is 0 Å². The second-order valence-electron chi connectivity index (χ2n) is 4.06. The van der Waals surface area contributed by atoms with Crippen LogP contribution in [-0.4, -0.2) is 0 Å². The highest BCUT2D eigenvalue weighted by Gasteiger charge is 2.05. The highest BCUT2D eigenvalue weighted by Crippen LogP contribution is 2.22. The molecule has 0 saturated heterocycles. The zero-order chi connectivity index (χ0) is 11.3. The molecule has 0 aliphatic heterocycles. The van der Waals surface area contributed by atoms with E-state index < -0.39 is 0 Å². The molecule has 0 amide bonds. The standard InChI is InChI=1S/C15H18/c1-5-7-14-8-6-9-15(11-14)13(4)10-12(2)3/h6,8-9,11,13H,2,10H2,1,3-4H3. The fourth-order valence-corrected chi connectivity index (χ4v) is 1.71. The summed E-state index contributed by atoms with van der Waals surface area (Å²) in [5, 5.41) is 0. The Labute approximate surface area is 93.0 Å². The molecule has 1 atom stereocenters. The summed E-state index contributed by atoms with van der Waals surface area (Å²) in [5.41, 5.74) is 3.68. The van der Waals surface area contributed by atoms with Crippen molar-refractivity contribution in [2.75, 3.05) is 0 Å². The number of rotatable bonds is 3. The molecule has 0 saturated carbocycles. The summed E-state index contributed by atoms with van der Waals surface area (Å²) in [6.07, 6.45) is 1.04. The van der Waals surface area contributed by atoms with Crippen LogP contribution in [0.1, 0.15) is 44.2 Å². The summed E-state index contributed by atoms with van der Waals surface area (Å²) in [4.78, 5) is 0. The van der Waals surface area contributed by atoms with Gasteiger partial charge in [0.15, 0.2) is 0 Å². The normalized spacial score (nSPS) is 11.4. The fourth-order valence-electron chi connectivity index (χ4n) is 1.71. The minimum atomic E-state index is 0.529. The third-order valence-corrected chi connectivity index (χ3v) is 2.38. The monoisotopic (exact) mass is 198 g/mol. The van der Waals surface area contributed by atoms with Crippen molar-refractivity contribution in [3.05, 3.63) is 47.5 Å². The maximum absolute atomic E-state index is 3.95. The highest BCUT2D eigenvalue weighted by atomic mass is 14.1. The van der Waals surface area contributed by atoms with Crippen LogP contribution >= 0.6 is 0 Å². The lowest BCUT2D eigenvalue weighted by Crippen LogP contribution is -1.94. The van der Waals surface area contributed by atoms with Gasteiger partial charge in [-0.2, -0.15) is 0 Å².